The highest BCUT2D eigenvalue weighted by Gasteiger charge is 2.43. The number of anilines is 2. The fraction of sp³-hybridized carbons (Fsp3) is 0.519. The van der Waals surface area contributed by atoms with Gasteiger partial charge in [-0.3, -0.25) is 9.59 Å². The molecule has 0 radical (unpaired) electrons. The quantitative estimate of drug-likeness (QED) is 0.505. The highest BCUT2D eigenvalue weighted by molar-refractivity contribution is 7.88. The van der Waals surface area contributed by atoms with Crippen LogP contribution in [-0.4, -0.2) is 79.4 Å². The molecule has 1 aliphatic carbocycles. The third-order valence-corrected chi connectivity index (χ3v) is 8.97. The van der Waals surface area contributed by atoms with Crippen LogP contribution in [0.5, 0.6) is 0 Å². The molecule has 1 aromatic carbocycles. The molecule has 1 aromatic heterocycles. The highest BCUT2D eigenvalue weighted by Crippen LogP contribution is 2.37. The Balaban J connectivity index is 1.21. The molecule has 2 aliphatic heterocycles. The van der Waals surface area contributed by atoms with Crippen molar-refractivity contribution in [3.05, 3.63) is 53.8 Å². The van der Waals surface area contributed by atoms with Gasteiger partial charge in [0.15, 0.2) is 5.69 Å². The van der Waals surface area contributed by atoms with Gasteiger partial charge >= 0.3 is 6.18 Å². The van der Waals surface area contributed by atoms with Gasteiger partial charge in [0.25, 0.3) is 5.91 Å². The van der Waals surface area contributed by atoms with E-state index in [1.165, 1.54) is 4.31 Å². The lowest BCUT2D eigenvalue weighted by molar-refractivity contribution is -0.153. The number of carbonyl (C=O) groups is 2. The first-order chi connectivity index (χ1) is 19.4. The second-order valence-corrected chi connectivity index (χ2v) is 12.5. The molecule has 2 atom stereocenters. The predicted molar refractivity (Wildman–Crippen MR) is 145 cm³/mol. The zero-order valence-electron chi connectivity index (χ0n) is 22.6. The molecule has 2 fully saturated rings. The fourth-order valence-electron chi connectivity index (χ4n) is 5.58. The van der Waals surface area contributed by atoms with Crippen LogP contribution in [-0.2, 0) is 21.0 Å². The van der Waals surface area contributed by atoms with Crippen LogP contribution in [0, 0.1) is 0 Å². The third-order valence-electron chi connectivity index (χ3n) is 7.68. The van der Waals surface area contributed by atoms with Gasteiger partial charge in [0.1, 0.15) is 6.04 Å². The molecule has 14 heteroatoms. The first kappa shape index (κ1) is 29.1. The SMILES string of the molecule is CS(=O)(=O)N1CCC[C@@H]1C(=O)N1CCN(c2ccc(NC(=O)c3nc(C4C=CCCC4)oc3C(F)(F)F)cc2)CC1. The number of allylic oxidation sites excluding steroid dienone is 2. The zero-order valence-corrected chi connectivity index (χ0v) is 23.4. The van der Waals surface area contributed by atoms with Crippen molar-refractivity contribution in [2.45, 2.75) is 50.2 Å². The Hall–Kier alpha value is -3.39. The number of rotatable bonds is 6. The van der Waals surface area contributed by atoms with Gasteiger partial charge in [0.05, 0.1) is 12.2 Å². The molecule has 1 unspecified atom stereocenters. The summed E-state index contributed by atoms with van der Waals surface area (Å²) in [5.74, 6) is -3.13. The van der Waals surface area contributed by atoms with Crippen LogP contribution in [0.2, 0.25) is 0 Å². The molecule has 41 heavy (non-hydrogen) atoms. The van der Waals surface area contributed by atoms with Crippen LogP contribution in [0.15, 0.2) is 40.8 Å². The molecule has 1 N–H and O–H groups in total. The molecule has 0 saturated carbocycles. The number of nitrogens with zero attached hydrogens (tertiary/aromatic N) is 4. The molecule has 2 aromatic rings. The molecule has 2 amide bonds. The molecule has 2 saturated heterocycles. The van der Waals surface area contributed by atoms with Crippen molar-refractivity contribution < 1.29 is 35.6 Å². The largest absolute Gasteiger partial charge is 0.452 e. The number of alkyl halides is 3. The minimum absolute atomic E-state index is 0.122. The number of hydrogen-bond acceptors (Lipinski definition) is 7. The van der Waals surface area contributed by atoms with Gasteiger partial charge in [0, 0.05) is 44.1 Å². The average Bonchev–Trinajstić information content (AvgIpc) is 3.62. The molecule has 0 bridgehead atoms. The summed E-state index contributed by atoms with van der Waals surface area (Å²) in [6.07, 6.45) is 3.27. The van der Waals surface area contributed by atoms with Gasteiger partial charge in [-0.15, -0.1) is 0 Å². The van der Waals surface area contributed by atoms with Gasteiger partial charge in [-0.05, 0) is 56.4 Å². The van der Waals surface area contributed by atoms with Gasteiger partial charge < -0.3 is 19.5 Å². The predicted octanol–water partition coefficient (Wildman–Crippen LogP) is 3.84. The van der Waals surface area contributed by atoms with E-state index in [2.05, 4.69) is 10.3 Å². The lowest BCUT2D eigenvalue weighted by Gasteiger charge is -2.38. The molecular formula is C27H32F3N5O5S. The first-order valence-corrected chi connectivity index (χ1v) is 15.4. The summed E-state index contributed by atoms with van der Waals surface area (Å²) in [6, 6.07) is 6.00. The van der Waals surface area contributed by atoms with Crippen LogP contribution in [0.3, 0.4) is 0 Å². The molecule has 3 heterocycles. The van der Waals surface area contributed by atoms with E-state index in [0.29, 0.717) is 57.7 Å². The van der Waals surface area contributed by atoms with Crippen molar-refractivity contribution in [1.29, 1.82) is 0 Å². The lowest BCUT2D eigenvalue weighted by Crippen LogP contribution is -2.54. The fourth-order valence-corrected chi connectivity index (χ4v) is 6.70. The summed E-state index contributed by atoms with van der Waals surface area (Å²) in [6.45, 7) is 2.25. The maximum atomic E-state index is 13.6. The van der Waals surface area contributed by atoms with E-state index in [9.17, 15) is 31.2 Å². The smallest absolute Gasteiger partial charge is 0.435 e. The van der Waals surface area contributed by atoms with Gasteiger partial charge in [-0.2, -0.15) is 17.5 Å². The maximum absolute atomic E-state index is 13.6. The minimum Gasteiger partial charge on any atom is -0.435 e. The summed E-state index contributed by atoms with van der Waals surface area (Å²) in [4.78, 5) is 33.5. The van der Waals surface area contributed by atoms with Crippen molar-refractivity contribution in [3.63, 3.8) is 0 Å². The monoisotopic (exact) mass is 595 g/mol. The van der Waals surface area contributed by atoms with Crippen LogP contribution >= 0.6 is 0 Å². The van der Waals surface area contributed by atoms with E-state index < -0.39 is 45.5 Å². The molecule has 222 valence electrons. The molecular weight excluding hydrogens is 563 g/mol. The Kier molecular flexibility index (Phi) is 8.15. The summed E-state index contributed by atoms with van der Waals surface area (Å²) in [5, 5.41) is 2.48. The van der Waals surface area contributed by atoms with E-state index in [-0.39, 0.29) is 11.8 Å². The number of carbonyl (C=O) groups excluding carboxylic acids is 2. The topological polar surface area (TPSA) is 116 Å². The summed E-state index contributed by atoms with van der Waals surface area (Å²) in [5.41, 5.74) is 0.315. The number of nitrogens with one attached hydrogen (secondary N) is 1. The Morgan fingerprint density at radius 2 is 1.73 bits per heavy atom. The van der Waals surface area contributed by atoms with Crippen molar-refractivity contribution in [1.82, 2.24) is 14.2 Å². The number of halogens is 3. The molecule has 5 rings (SSSR count). The van der Waals surface area contributed by atoms with E-state index >= 15 is 0 Å². The van der Waals surface area contributed by atoms with Gasteiger partial charge in [-0.25, -0.2) is 13.4 Å². The van der Waals surface area contributed by atoms with Crippen LogP contribution in [0.25, 0.3) is 0 Å². The number of benzene rings is 1. The minimum atomic E-state index is -4.87. The van der Waals surface area contributed by atoms with Gasteiger partial charge in [0.2, 0.25) is 27.6 Å². The van der Waals surface area contributed by atoms with Crippen LogP contribution < -0.4 is 10.2 Å². The number of hydrogen-bond donors (Lipinski definition) is 1. The highest BCUT2D eigenvalue weighted by atomic mass is 32.2. The van der Waals surface area contributed by atoms with Crippen molar-refractivity contribution in [3.8, 4) is 0 Å². The standard InChI is InChI=1S/C27H32F3N5O5S/c1-41(38,39)35-13-5-8-21(35)26(37)34-16-14-33(15-17-34)20-11-9-19(10-12-20)31-24(36)22-23(27(28,29)30)40-25(32-22)18-6-3-2-4-7-18/h3,6,9-12,18,21H,2,4-5,7-8,13-17H2,1H3,(H,31,36)/t18?,21-/m1/s1. The van der Waals surface area contributed by atoms with Gasteiger partial charge in [-0.1, -0.05) is 12.2 Å². The van der Waals surface area contributed by atoms with Crippen LogP contribution in [0.4, 0.5) is 24.5 Å². The normalized spacial score (nSPS) is 22.2. The van der Waals surface area contributed by atoms with Crippen molar-refractivity contribution >= 4 is 33.2 Å². The Morgan fingerprint density at radius 1 is 1.02 bits per heavy atom. The second-order valence-electron chi connectivity index (χ2n) is 10.5. The van der Waals surface area contributed by atoms with E-state index in [4.69, 9.17) is 4.42 Å². The summed E-state index contributed by atoms with van der Waals surface area (Å²) in [7, 11) is -3.46. The van der Waals surface area contributed by atoms with E-state index in [1.54, 1.807) is 35.2 Å². The Labute approximate surface area is 236 Å². The number of aromatic nitrogens is 1. The van der Waals surface area contributed by atoms with Crippen LogP contribution in [0.1, 0.15) is 60.2 Å². The number of oxazole rings is 1. The summed E-state index contributed by atoms with van der Waals surface area (Å²) < 4.78 is 71.3. The Bertz CT molecular complexity index is 1420. The second kappa shape index (κ2) is 11.5. The van der Waals surface area contributed by atoms with Crippen molar-refractivity contribution in [2.24, 2.45) is 0 Å². The van der Waals surface area contributed by atoms with Crippen molar-refractivity contribution in [2.75, 3.05) is 49.2 Å². The molecule has 0 spiro atoms. The molecule has 3 aliphatic rings. The van der Waals surface area contributed by atoms with E-state index in [1.807, 2.05) is 11.0 Å². The third kappa shape index (κ3) is 6.43. The first-order valence-electron chi connectivity index (χ1n) is 13.6. The Morgan fingerprint density at radius 3 is 2.34 bits per heavy atom. The number of piperazine rings is 1. The number of sulfonamides is 1. The maximum Gasteiger partial charge on any atom is 0.452 e. The molecule has 10 nitrogen and oxygen atoms in total. The van der Waals surface area contributed by atoms with E-state index in [0.717, 1.165) is 24.8 Å². The zero-order chi connectivity index (χ0) is 29.4. The number of amides is 2. The average molecular weight is 596 g/mol. The lowest BCUT2D eigenvalue weighted by atomic mass is 9.96. The summed E-state index contributed by atoms with van der Waals surface area (Å²) >= 11 is 0.